The Bertz CT molecular complexity index is 737. The number of carbonyl (C=O) groups excluding carboxylic acids is 2. The van der Waals surface area contributed by atoms with E-state index in [0.29, 0.717) is 11.1 Å². The van der Waals surface area contributed by atoms with Gasteiger partial charge in [0.15, 0.2) is 0 Å². The van der Waals surface area contributed by atoms with Crippen LogP contribution in [-0.2, 0) is 42.8 Å². The second-order valence-electron chi connectivity index (χ2n) is 5.72. The van der Waals surface area contributed by atoms with E-state index in [4.69, 9.17) is 18.7 Å². The Labute approximate surface area is 180 Å². The number of nitro groups is 1. The zero-order valence-corrected chi connectivity index (χ0v) is 22.3. The van der Waals surface area contributed by atoms with Crippen LogP contribution in [-0.4, -0.2) is 39.2 Å². The smallest absolute Gasteiger partial charge is 0.147 e. The summed E-state index contributed by atoms with van der Waals surface area (Å²) in [7, 11) is 7.41. The Morgan fingerprint density at radius 1 is 1.52 bits per heavy atom. The number of ether oxygens (including phenoxy) is 1. The SMILES string of the molecule is C=C(C)C(C(=O)OCc1ccc([N+](=O)[O-])cc1)N1C(=O)C(N)C1[S][Hg][Cl].Cl. The van der Waals surface area contributed by atoms with Gasteiger partial charge in [0, 0.05) is 0 Å². The number of esters is 1. The van der Waals surface area contributed by atoms with Crippen molar-refractivity contribution in [1.82, 2.24) is 4.90 Å². The normalized spacial score (nSPS) is 19.2. The third kappa shape index (κ3) is 5.57. The molecule has 1 aromatic carbocycles. The summed E-state index contributed by atoms with van der Waals surface area (Å²) in [4.78, 5) is 36.2. The molecule has 144 valence electrons. The minimum Gasteiger partial charge on any atom is -0.147 e. The van der Waals surface area contributed by atoms with E-state index >= 15 is 0 Å². The van der Waals surface area contributed by atoms with E-state index in [9.17, 15) is 19.7 Å². The van der Waals surface area contributed by atoms with Crippen LogP contribution in [0.4, 0.5) is 5.69 Å². The number of carbonyl (C=O) groups is 2. The van der Waals surface area contributed by atoms with Gasteiger partial charge in [-0.3, -0.25) is 10.1 Å². The van der Waals surface area contributed by atoms with Crippen LogP contribution in [0.1, 0.15) is 12.5 Å². The first kappa shape index (κ1) is 24.2. The molecule has 1 saturated heterocycles. The van der Waals surface area contributed by atoms with E-state index in [0.717, 1.165) is 0 Å². The molecule has 27 heavy (non-hydrogen) atoms. The van der Waals surface area contributed by atoms with Crippen molar-refractivity contribution in [3.8, 4) is 0 Å². The number of β-lactam (4-membered cyclic amide) rings is 1. The van der Waals surface area contributed by atoms with E-state index < -0.39 is 44.8 Å². The van der Waals surface area contributed by atoms with Crippen molar-refractivity contribution >= 4 is 46.5 Å². The summed E-state index contributed by atoms with van der Waals surface area (Å²) in [6.07, 6.45) is 0. The Kier molecular flexibility index (Phi) is 9.50. The topological polar surface area (TPSA) is 116 Å². The van der Waals surface area contributed by atoms with E-state index in [2.05, 4.69) is 6.58 Å². The predicted molar refractivity (Wildman–Crippen MR) is 101 cm³/mol. The van der Waals surface area contributed by atoms with Crippen molar-refractivity contribution < 1.29 is 41.1 Å². The van der Waals surface area contributed by atoms with Crippen LogP contribution in [0.5, 0.6) is 0 Å². The van der Waals surface area contributed by atoms with Gasteiger partial charge in [-0.25, -0.2) is 0 Å². The molecule has 2 rings (SSSR count). The van der Waals surface area contributed by atoms with E-state index in [-0.39, 0.29) is 36.0 Å². The summed E-state index contributed by atoms with van der Waals surface area (Å²) in [6, 6.07) is 4.09. The number of nitrogens with zero attached hydrogens (tertiary/aromatic N) is 2. The number of hydrogen-bond donors (Lipinski definition) is 1. The number of benzene rings is 1. The van der Waals surface area contributed by atoms with Gasteiger partial charge in [0.2, 0.25) is 0 Å². The van der Waals surface area contributed by atoms with Crippen LogP contribution in [0.25, 0.3) is 0 Å². The molecule has 1 amide bonds. The van der Waals surface area contributed by atoms with Gasteiger partial charge in [-0.15, -0.1) is 12.4 Å². The average molecular weight is 623 g/mol. The molecular weight excluding hydrogens is 606 g/mol. The van der Waals surface area contributed by atoms with Crippen molar-refractivity contribution in [1.29, 1.82) is 0 Å². The van der Waals surface area contributed by atoms with Gasteiger partial charge in [-0.1, -0.05) is 0 Å². The predicted octanol–water partition coefficient (Wildman–Crippen LogP) is 2.38. The standard InChI is InChI=1S/C15H17N3O5S.2ClH.Hg/c1-8(2)12(17-13(19)11(16)14(17)24)15(20)23-7-9-3-5-10(6-4-9)18(21)22;;;/h3-6,11-12,14,24H,1,7,16H2,2H3;2*1H;/q;;;+2/p-2. The number of non-ortho nitro benzene ring substituents is 1. The first-order valence-corrected chi connectivity index (χ1v) is 22.1. The van der Waals surface area contributed by atoms with Gasteiger partial charge in [0.25, 0.3) is 0 Å². The molecule has 1 aliphatic rings. The summed E-state index contributed by atoms with van der Waals surface area (Å²) < 4.78 is 5.29. The fourth-order valence-electron chi connectivity index (χ4n) is 2.53. The summed E-state index contributed by atoms with van der Waals surface area (Å²) in [5, 5.41) is 10.3. The molecule has 12 heteroatoms. The number of likely N-dealkylation sites (tertiary alicyclic amines) is 1. The maximum atomic E-state index is 12.5. The van der Waals surface area contributed by atoms with Crippen LogP contribution in [0.3, 0.4) is 0 Å². The molecule has 0 spiro atoms. The molecular formula is C15H17Cl2HgN3O5S. The maximum Gasteiger partial charge on any atom is -0.147 e. The molecule has 0 saturated carbocycles. The second kappa shape index (κ2) is 10.6. The zero-order chi connectivity index (χ0) is 19.4. The second-order valence-corrected chi connectivity index (χ2v) is 18.9. The fraction of sp³-hybridized carbons (Fsp3) is 0.333. The molecule has 1 fully saturated rings. The van der Waals surface area contributed by atoms with E-state index in [1.54, 1.807) is 6.92 Å². The number of amides is 1. The minimum absolute atomic E-state index is 0. The minimum atomic E-state index is -1.65. The summed E-state index contributed by atoms with van der Waals surface area (Å²) in [5.74, 6) is -0.950. The Balaban J connectivity index is 0.00000364. The van der Waals surface area contributed by atoms with Gasteiger partial charge in [0.1, 0.15) is 0 Å². The number of halogens is 2. The Hall–Kier alpha value is -0.875. The largest absolute Gasteiger partial charge is 0.147 e. The monoisotopic (exact) mass is 623 g/mol. The summed E-state index contributed by atoms with van der Waals surface area (Å²) >= 11 is -1.65. The number of nitro benzene ring substituents is 1. The summed E-state index contributed by atoms with van der Waals surface area (Å²) in [6.45, 7) is 5.36. The van der Waals surface area contributed by atoms with E-state index in [1.165, 1.54) is 37.4 Å². The van der Waals surface area contributed by atoms with Crippen molar-refractivity contribution in [3.63, 3.8) is 0 Å². The van der Waals surface area contributed by atoms with Crippen LogP contribution in [0.2, 0.25) is 0 Å². The average Bonchev–Trinajstić information content (AvgIpc) is 2.62. The third-order valence-corrected chi connectivity index (χ3v) is 13.6. The number of hydrogen-bond acceptors (Lipinski definition) is 7. The molecule has 0 radical (unpaired) electrons. The first-order chi connectivity index (χ1) is 12.3. The molecule has 3 unspecified atom stereocenters. The third-order valence-electron chi connectivity index (χ3n) is 3.85. The molecule has 1 aromatic rings. The first-order valence-electron chi connectivity index (χ1n) is 7.58. The van der Waals surface area contributed by atoms with E-state index in [1.807, 2.05) is 0 Å². The zero-order valence-electron chi connectivity index (χ0n) is 14.4. The van der Waals surface area contributed by atoms with Gasteiger partial charge < -0.3 is 0 Å². The molecule has 0 aliphatic carbocycles. The van der Waals surface area contributed by atoms with Crippen molar-refractivity contribution in [2.24, 2.45) is 5.73 Å². The number of nitrogens with two attached hydrogens (primary N) is 1. The molecule has 8 nitrogen and oxygen atoms in total. The van der Waals surface area contributed by atoms with Gasteiger partial charge >= 0.3 is 159 Å². The fourth-order valence-corrected chi connectivity index (χ4v) is 12.6. The van der Waals surface area contributed by atoms with Gasteiger partial charge in [-0.2, -0.15) is 0 Å². The molecule has 0 aromatic heterocycles. The van der Waals surface area contributed by atoms with Crippen LogP contribution in [0, 0.1) is 10.1 Å². The van der Waals surface area contributed by atoms with Gasteiger partial charge in [-0.05, 0) is 0 Å². The van der Waals surface area contributed by atoms with Crippen LogP contribution in [0.15, 0.2) is 36.4 Å². The van der Waals surface area contributed by atoms with Crippen molar-refractivity contribution in [2.45, 2.75) is 31.0 Å². The maximum absolute atomic E-state index is 12.5. The molecule has 1 heterocycles. The molecule has 3 atom stereocenters. The summed E-state index contributed by atoms with van der Waals surface area (Å²) in [5.41, 5.74) is 6.83. The molecule has 2 N–H and O–H groups in total. The van der Waals surface area contributed by atoms with Crippen molar-refractivity contribution in [3.05, 3.63) is 52.1 Å². The van der Waals surface area contributed by atoms with Gasteiger partial charge in [0.05, 0.1) is 0 Å². The van der Waals surface area contributed by atoms with Crippen LogP contribution < -0.4 is 5.73 Å². The molecule has 1 aliphatic heterocycles. The van der Waals surface area contributed by atoms with Crippen LogP contribution >= 0.6 is 28.9 Å². The number of rotatable bonds is 8. The Morgan fingerprint density at radius 3 is 2.59 bits per heavy atom. The Morgan fingerprint density at radius 2 is 2.11 bits per heavy atom. The van der Waals surface area contributed by atoms with Crippen molar-refractivity contribution in [2.75, 3.05) is 0 Å². The quantitative estimate of drug-likeness (QED) is 0.118. The molecule has 0 bridgehead atoms.